The summed E-state index contributed by atoms with van der Waals surface area (Å²) in [5.74, 6) is 1.03. The van der Waals surface area contributed by atoms with Crippen molar-refractivity contribution in [2.45, 2.75) is 13.0 Å². The Labute approximate surface area is 147 Å². The van der Waals surface area contributed by atoms with Crippen LogP contribution in [-0.4, -0.2) is 79.6 Å². The third kappa shape index (κ3) is 3.00. The molecule has 1 amide bonds. The summed E-state index contributed by atoms with van der Waals surface area (Å²) in [6, 6.07) is 7.98. The van der Waals surface area contributed by atoms with Crippen LogP contribution in [0.3, 0.4) is 0 Å². The summed E-state index contributed by atoms with van der Waals surface area (Å²) >= 11 is 0. The minimum Gasteiger partial charge on any atom is -0.493 e. The lowest BCUT2D eigenvalue weighted by Gasteiger charge is -2.47. The summed E-state index contributed by atoms with van der Waals surface area (Å²) < 4.78 is 11.1. The second-order valence-corrected chi connectivity index (χ2v) is 6.82. The standard InChI is InChI=1S/C19H25N3O3/c1-3-20-7-9-21(10-8-20)15-12-22(13-15)19(23)17-11-14-5-4-6-16(24-2)18(14)25-17/h4-6,11,15H,3,7-10,12-13H2,1-2H3. The summed E-state index contributed by atoms with van der Waals surface area (Å²) in [5, 5.41) is 0.899. The van der Waals surface area contributed by atoms with Crippen LogP contribution in [0.1, 0.15) is 17.5 Å². The number of amides is 1. The molecule has 25 heavy (non-hydrogen) atoms. The number of hydrogen-bond donors (Lipinski definition) is 0. The van der Waals surface area contributed by atoms with E-state index in [1.807, 2.05) is 29.2 Å². The SMILES string of the molecule is CCN1CCN(C2CN(C(=O)c3cc4cccc(OC)c4o3)C2)CC1. The Morgan fingerprint density at radius 3 is 2.68 bits per heavy atom. The molecule has 0 aliphatic carbocycles. The van der Waals surface area contributed by atoms with Crippen molar-refractivity contribution in [1.82, 2.24) is 14.7 Å². The molecule has 6 heteroatoms. The van der Waals surface area contributed by atoms with Crippen LogP contribution >= 0.6 is 0 Å². The Morgan fingerprint density at radius 1 is 1.24 bits per heavy atom. The number of para-hydroxylation sites is 1. The Bertz CT molecular complexity index is 758. The van der Waals surface area contributed by atoms with Gasteiger partial charge in [-0.05, 0) is 18.7 Å². The fraction of sp³-hybridized carbons (Fsp3) is 0.526. The number of nitrogens with zero attached hydrogens (tertiary/aromatic N) is 3. The van der Waals surface area contributed by atoms with Crippen molar-refractivity contribution in [2.24, 2.45) is 0 Å². The number of methoxy groups -OCH3 is 1. The van der Waals surface area contributed by atoms with E-state index in [9.17, 15) is 4.79 Å². The van der Waals surface area contributed by atoms with Crippen LogP contribution in [0, 0.1) is 0 Å². The second-order valence-electron chi connectivity index (χ2n) is 6.82. The molecule has 2 fully saturated rings. The van der Waals surface area contributed by atoms with Gasteiger partial charge in [-0.1, -0.05) is 19.1 Å². The van der Waals surface area contributed by atoms with Gasteiger partial charge in [0.2, 0.25) is 0 Å². The second kappa shape index (κ2) is 6.69. The van der Waals surface area contributed by atoms with E-state index < -0.39 is 0 Å². The van der Waals surface area contributed by atoms with Gasteiger partial charge in [0.05, 0.1) is 7.11 Å². The first-order chi connectivity index (χ1) is 12.2. The van der Waals surface area contributed by atoms with E-state index in [0.29, 0.717) is 23.1 Å². The number of likely N-dealkylation sites (N-methyl/N-ethyl adjacent to an activating group) is 1. The lowest BCUT2D eigenvalue weighted by molar-refractivity contribution is 0.00684. The first kappa shape index (κ1) is 16.4. The van der Waals surface area contributed by atoms with E-state index in [0.717, 1.165) is 51.2 Å². The van der Waals surface area contributed by atoms with Crippen LogP contribution in [0.4, 0.5) is 0 Å². The van der Waals surface area contributed by atoms with Crippen LogP contribution in [0.2, 0.25) is 0 Å². The highest BCUT2D eigenvalue weighted by molar-refractivity contribution is 5.97. The van der Waals surface area contributed by atoms with E-state index in [1.54, 1.807) is 7.11 Å². The lowest BCUT2D eigenvalue weighted by atomic mass is 10.1. The molecule has 2 aliphatic heterocycles. The van der Waals surface area contributed by atoms with Crippen molar-refractivity contribution < 1.29 is 13.9 Å². The largest absolute Gasteiger partial charge is 0.493 e. The van der Waals surface area contributed by atoms with Crippen molar-refractivity contribution in [2.75, 3.05) is 52.9 Å². The number of carbonyl (C=O) groups excluding carboxylic acids is 1. The summed E-state index contributed by atoms with van der Waals surface area (Å²) in [4.78, 5) is 19.5. The lowest BCUT2D eigenvalue weighted by Crippen LogP contribution is -2.64. The van der Waals surface area contributed by atoms with Gasteiger partial charge in [0.1, 0.15) is 0 Å². The number of likely N-dealkylation sites (tertiary alicyclic amines) is 1. The topological polar surface area (TPSA) is 49.2 Å². The van der Waals surface area contributed by atoms with Crippen LogP contribution < -0.4 is 4.74 Å². The molecule has 0 atom stereocenters. The summed E-state index contributed by atoms with van der Waals surface area (Å²) in [6.07, 6.45) is 0. The molecule has 2 aliphatic rings. The maximum Gasteiger partial charge on any atom is 0.289 e. The number of fused-ring (bicyclic) bond motifs is 1. The average molecular weight is 343 g/mol. The molecular formula is C19H25N3O3. The summed E-state index contributed by atoms with van der Waals surface area (Å²) in [5.41, 5.74) is 0.640. The van der Waals surface area contributed by atoms with E-state index in [4.69, 9.17) is 9.15 Å². The number of carbonyl (C=O) groups is 1. The highest BCUT2D eigenvalue weighted by atomic mass is 16.5. The van der Waals surface area contributed by atoms with E-state index in [1.165, 1.54) is 0 Å². The zero-order valence-electron chi connectivity index (χ0n) is 14.9. The van der Waals surface area contributed by atoms with Gasteiger partial charge in [-0.2, -0.15) is 0 Å². The Morgan fingerprint density at radius 2 is 2.00 bits per heavy atom. The van der Waals surface area contributed by atoms with Gasteiger partial charge in [0.15, 0.2) is 17.1 Å². The first-order valence-corrected chi connectivity index (χ1v) is 9.02. The quantitative estimate of drug-likeness (QED) is 0.849. The molecule has 1 aromatic heterocycles. The first-order valence-electron chi connectivity index (χ1n) is 9.02. The van der Waals surface area contributed by atoms with Crippen molar-refractivity contribution in [3.8, 4) is 5.75 Å². The Balaban J connectivity index is 1.39. The molecule has 3 heterocycles. The number of benzene rings is 1. The normalized spacial score (nSPS) is 20.0. The minimum absolute atomic E-state index is 0.0262. The molecule has 0 saturated carbocycles. The third-order valence-electron chi connectivity index (χ3n) is 5.46. The highest BCUT2D eigenvalue weighted by Gasteiger charge is 2.37. The fourth-order valence-electron chi connectivity index (χ4n) is 3.76. The molecule has 134 valence electrons. The van der Waals surface area contributed by atoms with Crippen molar-refractivity contribution in [3.05, 3.63) is 30.0 Å². The van der Waals surface area contributed by atoms with Gasteiger partial charge in [-0.25, -0.2) is 0 Å². The molecule has 0 radical (unpaired) electrons. The zero-order valence-corrected chi connectivity index (χ0v) is 14.9. The average Bonchev–Trinajstić information content (AvgIpc) is 3.05. The maximum atomic E-state index is 12.7. The number of ether oxygens (including phenoxy) is 1. The molecule has 0 unspecified atom stereocenters. The molecule has 0 N–H and O–H groups in total. The molecule has 1 aromatic carbocycles. The van der Waals surface area contributed by atoms with Crippen LogP contribution in [0.15, 0.2) is 28.7 Å². The van der Waals surface area contributed by atoms with Crippen LogP contribution in [0.25, 0.3) is 11.0 Å². The minimum atomic E-state index is -0.0262. The number of furan rings is 1. The number of piperazine rings is 1. The molecule has 6 nitrogen and oxygen atoms in total. The molecule has 2 aromatic rings. The van der Waals surface area contributed by atoms with Gasteiger partial charge in [-0.15, -0.1) is 0 Å². The predicted molar refractivity (Wildman–Crippen MR) is 96.1 cm³/mol. The fourth-order valence-corrected chi connectivity index (χ4v) is 3.76. The van der Waals surface area contributed by atoms with Gasteiger partial charge in [-0.3, -0.25) is 9.69 Å². The van der Waals surface area contributed by atoms with Gasteiger partial charge in [0.25, 0.3) is 5.91 Å². The molecule has 0 spiro atoms. The van der Waals surface area contributed by atoms with Crippen LogP contribution in [0.5, 0.6) is 5.75 Å². The van der Waals surface area contributed by atoms with Gasteiger partial charge in [0, 0.05) is 50.7 Å². The number of hydrogen-bond acceptors (Lipinski definition) is 5. The molecule has 4 rings (SSSR count). The van der Waals surface area contributed by atoms with E-state index in [2.05, 4.69) is 16.7 Å². The summed E-state index contributed by atoms with van der Waals surface area (Å²) in [7, 11) is 1.61. The van der Waals surface area contributed by atoms with Crippen molar-refractivity contribution in [3.63, 3.8) is 0 Å². The Hall–Kier alpha value is -2.05. The molecule has 0 bridgehead atoms. The van der Waals surface area contributed by atoms with Gasteiger partial charge >= 0.3 is 0 Å². The highest BCUT2D eigenvalue weighted by Crippen LogP contribution is 2.30. The van der Waals surface area contributed by atoms with Crippen molar-refractivity contribution in [1.29, 1.82) is 0 Å². The Kier molecular flexibility index (Phi) is 4.39. The van der Waals surface area contributed by atoms with E-state index >= 15 is 0 Å². The van der Waals surface area contributed by atoms with Crippen LogP contribution in [-0.2, 0) is 0 Å². The van der Waals surface area contributed by atoms with Gasteiger partial charge < -0.3 is 19.0 Å². The smallest absolute Gasteiger partial charge is 0.289 e. The monoisotopic (exact) mass is 343 g/mol. The molecule has 2 saturated heterocycles. The summed E-state index contributed by atoms with van der Waals surface area (Å²) in [6.45, 7) is 9.37. The zero-order chi connectivity index (χ0) is 17.4. The van der Waals surface area contributed by atoms with Crippen molar-refractivity contribution >= 4 is 16.9 Å². The third-order valence-corrected chi connectivity index (χ3v) is 5.46. The molecular weight excluding hydrogens is 318 g/mol. The van der Waals surface area contributed by atoms with E-state index in [-0.39, 0.29) is 5.91 Å². The number of rotatable bonds is 4. The predicted octanol–water partition coefficient (Wildman–Crippen LogP) is 1.90. The maximum absolute atomic E-state index is 12.7.